The maximum atomic E-state index is 12.9. The van der Waals surface area contributed by atoms with Crippen LogP contribution in [-0.2, 0) is 16.1 Å². The molecule has 2 aliphatic rings. The molecule has 0 radical (unpaired) electrons. The van der Waals surface area contributed by atoms with Gasteiger partial charge < -0.3 is 5.32 Å². The van der Waals surface area contributed by atoms with Crippen LogP contribution in [0.3, 0.4) is 0 Å². The number of nitro benzene ring substituents is 1. The number of imide groups is 1. The molecule has 3 atom stereocenters. The standard InChI is InChI=1S/C22H22ClN3O4/c1-13-5-7-17-18(9-13)22(28)25(21(17)27)16-6-8-19(20(11-16)26(29)30)24-12-14-3-2-4-15(23)10-14/h2-4,6,8,10-11,13,17-18,24H,5,7,9,12H2,1H3/t13-,17-,18-/m1/s1. The summed E-state index contributed by atoms with van der Waals surface area (Å²) in [5, 5.41) is 15.3. The summed E-state index contributed by atoms with van der Waals surface area (Å²) in [5.41, 5.74) is 1.27. The molecule has 1 saturated carbocycles. The van der Waals surface area contributed by atoms with E-state index in [2.05, 4.69) is 12.2 Å². The van der Waals surface area contributed by atoms with Crippen LogP contribution < -0.4 is 10.2 Å². The SMILES string of the molecule is C[C@@H]1CC[C@H]2C(=O)N(c3ccc(NCc4cccc(Cl)c4)c([N+](=O)[O-])c3)C(=O)[C@@H]2C1. The highest BCUT2D eigenvalue weighted by Crippen LogP contribution is 2.43. The van der Waals surface area contributed by atoms with Crippen molar-refractivity contribution < 1.29 is 14.5 Å². The molecule has 4 rings (SSSR count). The van der Waals surface area contributed by atoms with Gasteiger partial charge in [0, 0.05) is 17.6 Å². The monoisotopic (exact) mass is 427 g/mol. The fourth-order valence-corrected chi connectivity index (χ4v) is 4.66. The minimum atomic E-state index is -0.510. The Labute approximate surface area is 179 Å². The number of carbonyl (C=O) groups is 2. The van der Waals surface area contributed by atoms with Crippen LogP contribution in [0.15, 0.2) is 42.5 Å². The van der Waals surface area contributed by atoms with E-state index in [1.165, 1.54) is 6.07 Å². The Hall–Kier alpha value is -2.93. The van der Waals surface area contributed by atoms with E-state index in [9.17, 15) is 19.7 Å². The molecular formula is C22H22ClN3O4. The summed E-state index contributed by atoms with van der Waals surface area (Å²) in [7, 11) is 0. The second kappa shape index (κ2) is 8.07. The van der Waals surface area contributed by atoms with Gasteiger partial charge in [0.15, 0.2) is 0 Å². The van der Waals surface area contributed by atoms with Crippen LogP contribution in [0.1, 0.15) is 31.7 Å². The van der Waals surface area contributed by atoms with Gasteiger partial charge in [0.2, 0.25) is 11.8 Å². The summed E-state index contributed by atoms with van der Waals surface area (Å²) in [4.78, 5) is 38.1. The molecular weight excluding hydrogens is 406 g/mol. The number of amides is 2. The molecule has 2 fully saturated rings. The van der Waals surface area contributed by atoms with Crippen molar-refractivity contribution in [1.82, 2.24) is 0 Å². The summed E-state index contributed by atoms with van der Waals surface area (Å²) < 4.78 is 0. The van der Waals surface area contributed by atoms with Gasteiger partial charge in [0.1, 0.15) is 5.69 Å². The first-order valence-corrected chi connectivity index (χ1v) is 10.4. The normalized spacial score (nSPS) is 23.4. The Morgan fingerprint density at radius 2 is 1.90 bits per heavy atom. The number of halogens is 1. The van der Waals surface area contributed by atoms with Crippen molar-refractivity contribution in [3.8, 4) is 0 Å². The largest absolute Gasteiger partial charge is 0.375 e. The van der Waals surface area contributed by atoms with E-state index < -0.39 is 4.92 Å². The molecule has 2 amide bonds. The fourth-order valence-electron chi connectivity index (χ4n) is 4.45. The summed E-state index contributed by atoms with van der Waals surface area (Å²) in [6.07, 6.45) is 2.29. The average Bonchev–Trinajstić information content (AvgIpc) is 2.96. The first-order chi connectivity index (χ1) is 14.3. The van der Waals surface area contributed by atoms with E-state index in [1.807, 2.05) is 12.1 Å². The van der Waals surface area contributed by atoms with Crippen LogP contribution in [0.4, 0.5) is 17.1 Å². The van der Waals surface area contributed by atoms with Crippen molar-refractivity contribution in [1.29, 1.82) is 0 Å². The Bertz CT molecular complexity index is 1030. The van der Waals surface area contributed by atoms with Gasteiger partial charge in [-0.15, -0.1) is 0 Å². The predicted octanol–water partition coefficient (Wildman–Crippen LogP) is 4.79. The van der Waals surface area contributed by atoms with Crippen LogP contribution in [-0.4, -0.2) is 16.7 Å². The topological polar surface area (TPSA) is 92.6 Å². The number of anilines is 2. The lowest BCUT2D eigenvalue weighted by molar-refractivity contribution is -0.383. The Morgan fingerprint density at radius 3 is 2.63 bits per heavy atom. The number of nitrogens with one attached hydrogen (secondary N) is 1. The number of carbonyl (C=O) groups excluding carboxylic acids is 2. The molecule has 2 aromatic carbocycles. The maximum Gasteiger partial charge on any atom is 0.294 e. The highest BCUT2D eigenvalue weighted by Gasteiger charge is 2.50. The molecule has 1 aliphatic heterocycles. The predicted molar refractivity (Wildman–Crippen MR) is 114 cm³/mol. The fraction of sp³-hybridized carbons (Fsp3) is 0.364. The molecule has 0 bridgehead atoms. The lowest BCUT2D eigenvalue weighted by Crippen LogP contribution is -2.30. The lowest BCUT2D eigenvalue weighted by atomic mass is 9.76. The molecule has 7 nitrogen and oxygen atoms in total. The number of rotatable bonds is 5. The number of fused-ring (bicyclic) bond motifs is 1. The molecule has 1 aliphatic carbocycles. The van der Waals surface area contributed by atoms with Gasteiger partial charge in [-0.1, -0.05) is 30.7 Å². The quantitative estimate of drug-likeness (QED) is 0.421. The van der Waals surface area contributed by atoms with Gasteiger partial charge in [-0.3, -0.25) is 19.7 Å². The third-order valence-electron chi connectivity index (χ3n) is 6.00. The molecule has 2 aromatic rings. The molecule has 156 valence electrons. The highest BCUT2D eigenvalue weighted by atomic mass is 35.5. The van der Waals surface area contributed by atoms with Crippen molar-refractivity contribution in [2.24, 2.45) is 17.8 Å². The summed E-state index contributed by atoms with van der Waals surface area (Å²) in [5.74, 6) is -0.721. The molecule has 30 heavy (non-hydrogen) atoms. The second-order valence-corrected chi connectivity index (χ2v) is 8.52. The van der Waals surface area contributed by atoms with E-state index in [-0.39, 0.29) is 35.0 Å². The van der Waals surface area contributed by atoms with E-state index in [0.717, 1.165) is 16.9 Å². The van der Waals surface area contributed by atoms with Crippen LogP contribution >= 0.6 is 11.6 Å². The van der Waals surface area contributed by atoms with Gasteiger partial charge >= 0.3 is 0 Å². The van der Waals surface area contributed by atoms with Gasteiger partial charge in [-0.25, -0.2) is 4.90 Å². The zero-order valence-corrected chi connectivity index (χ0v) is 17.3. The summed E-state index contributed by atoms with van der Waals surface area (Å²) in [6, 6.07) is 11.6. The Balaban J connectivity index is 1.59. The molecule has 0 unspecified atom stereocenters. The van der Waals surface area contributed by atoms with Crippen LogP contribution in [0.2, 0.25) is 5.02 Å². The first-order valence-electron chi connectivity index (χ1n) is 9.99. The molecule has 1 saturated heterocycles. The van der Waals surface area contributed by atoms with Crippen LogP contribution in [0.5, 0.6) is 0 Å². The smallest absolute Gasteiger partial charge is 0.294 e. The number of nitro groups is 1. The Kier molecular flexibility index (Phi) is 5.47. The average molecular weight is 428 g/mol. The van der Waals surface area contributed by atoms with E-state index in [0.29, 0.717) is 36.0 Å². The highest BCUT2D eigenvalue weighted by molar-refractivity contribution is 6.30. The van der Waals surface area contributed by atoms with Gasteiger partial charge in [-0.2, -0.15) is 0 Å². The van der Waals surface area contributed by atoms with Crippen molar-refractivity contribution in [2.75, 3.05) is 10.2 Å². The number of nitrogens with zero attached hydrogens (tertiary/aromatic N) is 2. The summed E-state index contributed by atoms with van der Waals surface area (Å²) in [6.45, 7) is 2.44. The van der Waals surface area contributed by atoms with E-state index in [4.69, 9.17) is 11.6 Å². The van der Waals surface area contributed by atoms with Crippen LogP contribution in [0.25, 0.3) is 0 Å². The minimum Gasteiger partial charge on any atom is -0.375 e. The second-order valence-electron chi connectivity index (χ2n) is 8.09. The van der Waals surface area contributed by atoms with Crippen molar-refractivity contribution in [3.63, 3.8) is 0 Å². The van der Waals surface area contributed by atoms with Gasteiger partial charge in [0.05, 0.1) is 22.4 Å². The third-order valence-corrected chi connectivity index (χ3v) is 6.23. The van der Waals surface area contributed by atoms with Crippen molar-refractivity contribution >= 4 is 40.5 Å². The van der Waals surface area contributed by atoms with Gasteiger partial charge in [0.25, 0.3) is 5.69 Å². The molecule has 0 aromatic heterocycles. The minimum absolute atomic E-state index is 0.182. The zero-order chi connectivity index (χ0) is 21.4. The maximum absolute atomic E-state index is 12.9. The first kappa shape index (κ1) is 20.3. The number of hydrogen-bond acceptors (Lipinski definition) is 5. The molecule has 1 heterocycles. The summed E-state index contributed by atoms with van der Waals surface area (Å²) >= 11 is 5.98. The van der Waals surface area contributed by atoms with Gasteiger partial charge in [-0.05, 0) is 55.0 Å². The zero-order valence-electron chi connectivity index (χ0n) is 16.5. The number of benzene rings is 2. The van der Waals surface area contributed by atoms with Crippen LogP contribution in [0, 0.1) is 27.9 Å². The number of hydrogen-bond donors (Lipinski definition) is 1. The molecule has 8 heteroatoms. The van der Waals surface area contributed by atoms with E-state index >= 15 is 0 Å². The van der Waals surface area contributed by atoms with E-state index in [1.54, 1.807) is 24.3 Å². The Morgan fingerprint density at radius 1 is 1.13 bits per heavy atom. The molecule has 0 spiro atoms. The van der Waals surface area contributed by atoms with Crippen molar-refractivity contribution in [2.45, 2.75) is 32.7 Å². The molecule has 1 N–H and O–H groups in total. The lowest BCUT2D eigenvalue weighted by Gasteiger charge is -2.25. The van der Waals surface area contributed by atoms with Crippen molar-refractivity contribution in [3.05, 3.63) is 63.2 Å². The third kappa shape index (κ3) is 3.77.